The molecule has 0 unspecified atom stereocenters. The van der Waals surface area contributed by atoms with Crippen LogP contribution in [-0.2, 0) is 0 Å². The van der Waals surface area contributed by atoms with Crippen molar-refractivity contribution in [2.45, 2.75) is 0 Å². The second-order valence-electron chi connectivity index (χ2n) is 5.16. The van der Waals surface area contributed by atoms with Gasteiger partial charge in [-0.05, 0) is 30.3 Å². The highest BCUT2D eigenvalue weighted by molar-refractivity contribution is 6.32. The summed E-state index contributed by atoms with van der Waals surface area (Å²) in [4.78, 5) is 26.1. The molecule has 1 aromatic heterocycles. The van der Waals surface area contributed by atoms with Gasteiger partial charge in [0, 0.05) is 11.3 Å². The molecule has 1 aliphatic rings. The molecule has 3 aromatic rings. The number of carbonyl (C=O) groups is 1. The Labute approximate surface area is 140 Å². The zero-order valence-corrected chi connectivity index (χ0v) is 13.0. The molecule has 24 heavy (non-hydrogen) atoms. The molecule has 2 N–H and O–H groups in total. The molecule has 4 rings (SSSR count). The largest absolute Gasteiger partial charge is 0.486 e. The van der Waals surface area contributed by atoms with Crippen LogP contribution in [0.1, 0.15) is 10.4 Å². The van der Waals surface area contributed by atoms with E-state index in [2.05, 4.69) is 10.3 Å². The molecule has 2 heterocycles. The van der Waals surface area contributed by atoms with Gasteiger partial charge in [0.1, 0.15) is 13.2 Å². The van der Waals surface area contributed by atoms with Gasteiger partial charge in [-0.2, -0.15) is 0 Å². The smallest absolute Gasteiger partial charge is 0.417 e. The first-order valence-corrected chi connectivity index (χ1v) is 7.51. The lowest BCUT2D eigenvalue weighted by Gasteiger charge is -2.20. The molecule has 0 aliphatic carbocycles. The average molecular weight is 347 g/mol. The van der Waals surface area contributed by atoms with Gasteiger partial charge in [0.15, 0.2) is 17.1 Å². The third-order valence-electron chi connectivity index (χ3n) is 3.54. The summed E-state index contributed by atoms with van der Waals surface area (Å²) in [6.45, 7) is 0.820. The Kier molecular flexibility index (Phi) is 3.42. The number of halogens is 1. The van der Waals surface area contributed by atoms with E-state index in [4.69, 9.17) is 25.5 Å². The predicted octanol–water partition coefficient (Wildman–Crippen LogP) is 2.80. The summed E-state index contributed by atoms with van der Waals surface area (Å²) < 4.78 is 15.8. The molecule has 0 atom stereocenters. The predicted molar refractivity (Wildman–Crippen MR) is 87.2 cm³/mol. The summed E-state index contributed by atoms with van der Waals surface area (Å²) in [5.74, 6) is -0.0310. The second kappa shape index (κ2) is 5.61. The molecule has 0 saturated heterocycles. The second-order valence-corrected chi connectivity index (χ2v) is 5.57. The summed E-state index contributed by atoms with van der Waals surface area (Å²) in [6.07, 6.45) is 0. The van der Waals surface area contributed by atoms with Crippen molar-refractivity contribution >= 4 is 34.3 Å². The van der Waals surface area contributed by atoms with E-state index in [1.54, 1.807) is 24.3 Å². The van der Waals surface area contributed by atoms with Crippen molar-refractivity contribution in [3.8, 4) is 11.5 Å². The van der Waals surface area contributed by atoms with Crippen LogP contribution in [-0.4, -0.2) is 24.1 Å². The summed E-state index contributed by atoms with van der Waals surface area (Å²) in [5, 5.41) is 3.05. The molecule has 1 amide bonds. The SMILES string of the molecule is O=C(Nc1ccc2oc(=O)[nH]c2c1)c1cc(Cl)c2c(c1)OCCO2. The van der Waals surface area contributed by atoms with Gasteiger partial charge in [-0.25, -0.2) is 4.79 Å². The normalized spacial score (nSPS) is 13.0. The summed E-state index contributed by atoms with van der Waals surface area (Å²) in [5.41, 5.74) is 1.76. The number of H-pyrrole nitrogens is 1. The van der Waals surface area contributed by atoms with Gasteiger partial charge < -0.3 is 19.2 Å². The monoisotopic (exact) mass is 346 g/mol. The minimum atomic E-state index is -0.549. The van der Waals surface area contributed by atoms with E-state index in [1.807, 2.05) is 0 Å². The van der Waals surface area contributed by atoms with Crippen LogP contribution in [0.5, 0.6) is 11.5 Å². The number of hydrogen-bond donors (Lipinski definition) is 2. The van der Waals surface area contributed by atoms with E-state index < -0.39 is 5.76 Å². The Morgan fingerprint density at radius 2 is 2.00 bits per heavy atom. The molecule has 2 aromatic carbocycles. The van der Waals surface area contributed by atoms with Crippen molar-refractivity contribution < 1.29 is 18.7 Å². The number of fused-ring (bicyclic) bond motifs is 2. The highest BCUT2D eigenvalue weighted by Crippen LogP contribution is 2.38. The number of aromatic amines is 1. The van der Waals surface area contributed by atoms with Crippen LogP contribution < -0.4 is 20.5 Å². The van der Waals surface area contributed by atoms with Gasteiger partial charge in [0.25, 0.3) is 5.91 Å². The first-order valence-electron chi connectivity index (χ1n) is 7.13. The molecule has 0 fully saturated rings. The minimum absolute atomic E-state index is 0.312. The minimum Gasteiger partial charge on any atom is -0.486 e. The summed E-state index contributed by atoms with van der Waals surface area (Å²) in [7, 11) is 0. The molecule has 0 saturated carbocycles. The Balaban J connectivity index is 1.63. The van der Waals surface area contributed by atoms with Crippen LogP contribution >= 0.6 is 11.6 Å². The van der Waals surface area contributed by atoms with Crippen LogP contribution in [0.25, 0.3) is 11.1 Å². The van der Waals surface area contributed by atoms with E-state index in [9.17, 15) is 9.59 Å². The third kappa shape index (κ3) is 2.59. The maximum absolute atomic E-state index is 12.4. The van der Waals surface area contributed by atoms with E-state index in [0.717, 1.165) is 0 Å². The van der Waals surface area contributed by atoms with Gasteiger partial charge in [0.2, 0.25) is 0 Å². The number of amides is 1. The van der Waals surface area contributed by atoms with E-state index in [1.165, 1.54) is 6.07 Å². The maximum atomic E-state index is 12.4. The number of ether oxygens (including phenoxy) is 2. The van der Waals surface area contributed by atoms with Crippen LogP contribution in [0.4, 0.5) is 5.69 Å². The highest BCUT2D eigenvalue weighted by atomic mass is 35.5. The summed E-state index contributed by atoms with van der Waals surface area (Å²) in [6, 6.07) is 7.94. The van der Waals surface area contributed by atoms with Crippen LogP contribution in [0.15, 0.2) is 39.5 Å². The van der Waals surface area contributed by atoms with Crippen molar-refractivity contribution in [2.24, 2.45) is 0 Å². The fourth-order valence-corrected chi connectivity index (χ4v) is 2.74. The topological polar surface area (TPSA) is 93.6 Å². The van der Waals surface area contributed by atoms with Gasteiger partial charge in [-0.1, -0.05) is 11.6 Å². The van der Waals surface area contributed by atoms with Crippen molar-refractivity contribution in [2.75, 3.05) is 18.5 Å². The highest BCUT2D eigenvalue weighted by Gasteiger charge is 2.19. The average Bonchev–Trinajstić information content (AvgIpc) is 2.94. The maximum Gasteiger partial charge on any atom is 0.417 e. The Morgan fingerprint density at radius 3 is 2.88 bits per heavy atom. The van der Waals surface area contributed by atoms with Crippen LogP contribution in [0, 0.1) is 0 Å². The number of anilines is 1. The summed E-state index contributed by atoms with van der Waals surface area (Å²) >= 11 is 6.14. The van der Waals surface area contributed by atoms with Crippen LogP contribution in [0.3, 0.4) is 0 Å². The standard InChI is InChI=1S/C16H11ClN2O5/c17-10-5-8(6-13-14(10)23-4-3-22-13)15(20)18-9-1-2-12-11(7-9)19-16(21)24-12/h1-2,5-7H,3-4H2,(H,18,20)(H,19,21). The zero-order chi connectivity index (χ0) is 16.7. The van der Waals surface area contributed by atoms with Gasteiger partial charge in [-0.3, -0.25) is 9.78 Å². The molecular weight excluding hydrogens is 336 g/mol. The number of hydrogen-bond acceptors (Lipinski definition) is 5. The van der Waals surface area contributed by atoms with Crippen molar-refractivity contribution in [1.29, 1.82) is 0 Å². The Morgan fingerprint density at radius 1 is 1.17 bits per heavy atom. The van der Waals surface area contributed by atoms with E-state index in [0.29, 0.717) is 52.1 Å². The number of oxazole rings is 1. The zero-order valence-electron chi connectivity index (χ0n) is 12.2. The molecule has 0 radical (unpaired) electrons. The molecule has 122 valence electrons. The molecule has 0 spiro atoms. The van der Waals surface area contributed by atoms with Crippen molar-refractivity contribution in [3.63, 3.8) is 0 Å². The van der Waals surface area contributed by atoms with Crippen molar-refractivity contribution in [1.82, 2.24) is 4.98 Å². The lowest BCUT2D eigenvalue weighted by molar-refractivity contribution is 0.102. The Bertz CT molecular complexity index is 1010. The number of nitrogens with one attached hydrogen (secondary N) is 2. The first kappa shape index (κ1) is 14.6. The lowest BCUT2D eigenvalue weighted by atomic mass is 10.1. The number of rotatable bonds is 2. The fraction of sp³-hybridized carbons (Fsp3) is 0.125. The van der Waals surface area contributed by atoms with Gasteiger partial charge in [0.05, 0.1) is 10.5 Å². The van der Waals surface area contributed by atoms with E-state index >= 15 is 0 Å². The quantitative estimate of drug-likeness (QED) is 0.744. The molecule has 1 aliphatic heterocycles. The number of aromatic nitrogens is 1. The molecular formula is C16H11ClN2O5. The lowest BCUT2D eigenvalue weighted by Crippen LogP contribution is -2.17. The van der Waals surface area contributed by atoms with Crippen molar-refractivity contribution in [3.05, 3.63) is 51.5 Å². The van der Waals surface area contributed by atoms with Gasteiger partial charge in [-0.15, -0.1) is 0 Å². The molecule has 0 bridgehead atoms. The van der Waals surface area contributed by atoms with Crippen LogP contribution in [0.2, 0.25) is 5.02 Å². The van der Waals surface area contributed by atoms with Gasteiger partial charge >= 0.3 is 5.76 Å². The van der Waals surface area contributed by atoms with E-state index in [-0.39, 0.29) is 5.91 Å². The third-order valence-corrected chi connectivity index (χ3v) is 3.82. The Hall–Kier alpha value is -2.93. The molecule has 8 heteroatoms. The number of benzene rings is 2. The molecule has 7 nitrogen and oxygen atoms in total. The number of carbonyl (C=O) groups excluding carboxylic acids is 1. The first-order chi connectivity index (χ1) is 11.6. The fourth-order valence-electron chi connectivity index (χ4n) is 2.47.